The first-order chi connectivity index (χ1) is 29.4. The van der Waals surface area contributed by atoms with Gasteiger partial charge in [0.05, 0.1) is 23.7 Å². The Labute approximate surface area is 360 Å². The van der Waals surface area contributed by atoms with Gasteiger partial charge in [-0.15, -0.1) is 11.8 Å². The van der Waals surface area contributed by atoms with Gasteiger partial charge in [0.2, 0.25) is 17.7 Å². The molecule has 9 rings (SSSR count). The fourth-order valence-corrected chi connectivity index (χ4v) is 11.2. The zero-order valence-corrected chi connectivity index (χ0v) is 35.9. The zero-order valence-electron chi connectivity index (χ0n) is 35.1. The van der Waals surface area contributed by atoms with Crippen molar-refractivity contribution in [2.75, 3.05) is 63.0 Å². The molecule has 1 unspecified atom stereocenters. The third-order valence-corrected chi connectivity index (χ3v) is 14.7. The molecule has 13 nitrogen and oxygen atoms in total. The molecule has 1 aliphatic carbocycles. The molecule has 4 aliphatic heterocycles. The Morgan fingerprint density at radius 3 is 2.49 bits per heavy atom. The summed E-state index contributed by atoms with van der Waals surface area (Å²) in [6.07, 6.45) is 3.50. The Morgan fingerprint density at radius 1 is 0.967 bits per heavy atom. The van der Waals surface area contributed by atoms with Gasteiger partial charge in [-0.05, 0) is 78.8 Å². The van der Waals surface area contributed by atoms with Crippen LogP contribution in [-0.4, -0.2) is 119 Å². The Kier molecular flexibility index (Phi) is 11.0. The number of rotatable bonds is 10. The van der Waals surface area contributed by atoms with Gasteiger partial charge in [-0.1, -0.05) is 32.9 Å². The molecular weight excluding hydrogens is 789 g/mol. The number of aryl methyl sites for hydroxylation is 1. The first kappa shape index (κ1) is 40.9. The molecule has 3 N–H and O–H groups in total. The topological polar surface area (TPSA) is 162 Å². The number of thioether (sulfide) groups is 1. The summed E-state index contributed by atoms with van der Waals surface area (Å²) in [5.74, 6) is -0.200. The number of hydrogen-bond acceptors (Lipinski definition) is 10. The van der Waals surface area contributed by atoms with Gasteiger partial charge < -0.3 is 20.1 Å². The summed E-state index contributed by atoms with van der Waals surface area (Å²) < 4.78 is 0. The number of ketones is 1. The largest absolute Gasteiger partial charge is 0.371 e. The van der Waals surface area contributed by atoms with E-state index in [4.69, 9.17) is 0 Å². The number of nitriles is 1. The van der Waals surface area contributed by atoms with Gasteiger partial charge in [0.1, 0.15) is 6.04 Å². The lowest BCUT2D eigenvalue weighted by atomic mass is 9.70. The summed E-state index contributed by atoms with van der Waals surface area (Å²) in [7, 11) is 0. The highest BCUT2D eigenvalue weighted by atomic mass is 32.2. The molecule has 1 aromatic heterocycles. The number of carbonyl (C=O) groups is 5. The SMILES string of the molecule is CCc1cc2c(cc1N1CCC(N3CCN(CC(=O)NCCSc4cccc5c4CN(C4CCC(=O)NC4=O)C5=O)CC3)CC1)C(C)(C)c1[nH]c3cc(C#N)ccc3c1C2=O. The number of H-pyrrole nitrogens is 1. The van der Waals surface area contributed by atoms with Gasteiger partial charge in [0.25, 0.3) is 5.91 Å². The third kappa shape index (κ3) is 7.51. The number of aromatic nitrogens is 1. The average molecular weight is 841 g/mol. The molecule has 3 aromatic carbocycles. The summed E-state index contributed by atoms with van der Waals surface area (Å²) in [6, 6.07) is 17.6. The monoisotopic (exact) mass is 840 g/mol. The van der Waals surface area contributed by atoms with Crippen molar-refractivity contribution in [3.63, 3.8) is 0 Å². The zero-order chi connectivity index (χ0) is 42.6. The van der Waals surface area contributed by atoms with Gasteiger partial charge in [0, 0.05) is 114 Å². The maximum absolute atomic E-state index is 14.1. The normalized spacial score (nSPS) is 20.7. The van der Waals surface area contributed by atoms with Crippen molar-refractivity contribution in [1.82, 2.24) is 30.3 Å². The van der Waals surface area contributed by atoms with E-state index in [0.29, 0.717) is 49.0 Å². The molecule has 0 spiro atoms. The molecule has 3 fully saturated rings. The second-order valence-corrected chi connectivity index (χ2v) is 18.6. The molecule has 61 heavy (non-hydrogen) atoms. The van der Waals surface area contributed by atoms with Gasteiger partial charge in [-0.3, -0.25) is 39.1 Å². The molecule has 4 amide bonds. The summed E-state index contributed by atoms with van der Waals surface area (Å²) in [5, 5.41) is 15.8. The van der Waals surface area contributed by atoms with Gasteiger partial charge in [0.15, 0.2) is 5.78 Å². The fourth-order valence-electron chi connectivity index (χ4n) is 10.2. The number of imide groups is 1. The van der Waals surface area contributed by atoms with Gasteiger partial charge in [-0.25, -0.2) is 0 Å². The molecule has 316 valence electrons. The minimum Gasteiger partial charge on any atom is -0.371 e. The van der Waals surface area contributed by atoms with Crippen molar-refractivity contribution in [2.45, 2.75) is 81.8 Å². The number of fused-ring (bicyclic) bond motifs is 5. The van der Waals surface area contributed by atoms with E-state index in [1.807, 2.05) is 24.3 Å². The molecule has 3 saturated heterocycles. The third-order valence-electron chi connectivity index (χ3n) is 13.6. The van der Waals surface area contributed by atoms with Crippen molar-refractivity contribution >= 4 is 57.8 Å². The van der Waals surface area contributed by atoms with E-state index in [1.54, 1.807) is 28.8 Å². The quantitative estimate of drug-likeness (QED) is 0.116. The Balaban J connectivity index is 0.745. The number of nitrogens with one attached hydrogen (secondary N) is 3. The van der Waals surface area contributed by atoms with Crippen LogP contribution in [0.3, 0.4) is 0 Å². The molecule has 0 saturated carbocycles. The van der Waals surface area contributed by atoms with Crippen molar-refractivity contribution in [1.29, 1.82) is 5.26 Å². The van der Waals surface area contributed by atoms with Crippen LogP contribution >= 0.6 is 11.8 Å². The lowest BCUT2D eigenvalue weighted by molar-refractivity contribution is -0.137. The lowest BCUT2D eigenvalue weighted by Crippen LogP contribution is -2.54. The number of amides is 4. The van der Waals surface area contributed by atoms with Crippen LogP contribution in [0.5, 0.6) is 0 Å². The van der Waals surface area contributed by atoms with E-state index in [9.17, 15) is 29.2 Å². The van der Waals surface area contributed by atoms with E-state index in [0.717, 1.165) is 102 Å². The van der Waals surface area contributed by atoms with Crippen molar-refractivity contribution in [3.8, 4) is 6.07 Å². The second-order valence-electron chi connectivity index (χ2n) is 17.5. The Bertz CT molecular complexity index is 2510. The summed E-state index contributed by atoms with van der Waals surface area (Å²) in [5.41, 5.74) is 8.32. The predicted octanol–water partition coefficient (Wildman–Crippen LogP) is 4.73. The van der Waals surface area contributed by atoms with Crippen LogP contribution in [0.25, 0.3) is 10.9 Å². The maximum Gasteiger partial charge on any atom is 0.255 e. The lowest BCUT2D eigenvalue weighted by Gasteiger charge is -2.44. The first-order valence-corrected chi connectivity index (χ1v) is 22.6. The number of hydrogen-bond donors (Lipinski definition) is 3. The summed E-state index contributed by atoms with van der Waals surface area (Å²) in [4.78, 5) is 77.8. The van der Waals surface area contributed by atoms with E-state index in [2.05, 4.69) is 69.3 Å². The molecule has 14 heteroatoms. The second kappa shape index (κ2) is 16.4. The highest BCUT2D eigenvalue weighted by molar-refractivity contribution is 7.99. The highest BCUT2D eigenvalue weighted by Gasteiger charge is 2.42. The van der Waals surface area contributed by atoms with E-state index in [1.165, 1.54) is 11.3 Å². The number of nitrogens with zero attached hydrogens (tertiary/aromatic N) is 5. The minimum absolute atomic E-state index is 0.00964. The van der Waals surface area contributed by atoms with Crippen LogP contribution in [0.1, 0.15) is 101 Å². The highest BCUT2D eigenvalue weighted by Crippen LogP contribution is 2.46. The average Bonchev–Trinajstić information content (AvgIpc) is 3.83. The standard InChI is InChI=1S/C47H52N8O5S/c1-4-29-23-33-35(47(2,3)44-42(43(33)58)32-9-8-28(25-48)22-36(32)50-44)24-38(29)54-15-12-30(13-16-54)53-19-17-52(18-20-53)27-41(57)49-14-21-61-39-7-5-6-31-34(39)26-55(46(31)60)37-10-11-40(56)51-45(37)59/h5-9,22-24,30,37,50H,4,10-21,26-27H2,1-3H3,(H,49,57)(H,51,56,59). The summed E-state index contributed by atoms with van der Waals surface area (Å²) >= 11 is 1.59. The maximum atomic E-state index is 14.1. The van der Waals surface area contributed by atoms with Crippen LogP contribution in [0.15, 0.2) is 53.4 Å². The predicted molar refractivity (Wildman–Crippen MR) is 234 cm³/mol. The molecule has 1 atom stereocenters. The Hall–Kier alpha value is -5.49. The van der Waals surface area contributed by atoms with Crippen molar-refractivity contribution < 1.29 is 24.0 Å². The molecule has 0 bridgehead atoms. The van der Waals surface area contributed by atoms with E-state index >= 15 is 0 Å². The van der Waals surface area contributed by atoms with Gasteiger partial charge >= 0.3 is 0 Å². The molecule has 4 aromatic rings. The van der Waals surface area contributed by atoms with E-state index < -0.39 is 17.4 Å². The van der Waals surface area contributed by atoms with Crippen LogP contribution in [0.2, 0.25) is 0 Å². The van der Waals surface area contributed by atoms with Crippen molar-refractivity contribution in [2.24, 2.45) is 0 Å². The molecule has 5 aliphatic rings. The van der Waals surface area contributed by atoms with Crippen LogP contribution in [0, 0.1) is 11.3 Å². The smallest absolute Gasteiger partial charge is 0.255 e. The number of piperidine rings is 2. The molecular formula is C47H52N8O5S. The summed E-state index contributed by atoms with van der Waals surface area (Å²) in [6.45, 7) is 13.2. The number of anilines is 1. The molecule has 5 heterocycles. The van der Waals surface area contributed by atoms with Crippen LogP contribution in [-0.2, 0) is 32.8 Å². The fraction of sp³-hybridized carbons (Fsp3) is 0.447. The first-order valence-electron chi connectivity index (χ1n) is 21.6. The van der Waals surface area contributed by atoms with Gasteiger partial charge in [-0.2, -0.15) is 5.26 Å². The minimum atomic E-state index is -0.646. The van der Waals surface area contributed by atoms with E-state index in [-0.39, 0.29) is 29.9 Å². The Morgan fingerprint density at radius 2 is 1.75 bits per heavy atom. The van der Waals surface area contributed by atoms with Crippen LogP contribution < -0.4 is 15.5 Å². The number of piperazine rings is 1. The number of aromatic amines is 1. The number of carbonyl (C=O) groups excluding carboxylic acids is 5. The molecule has 0 radical (unpaired) electrons. The number of benzene rings is 3. The van der Waals surface area contributed by atoms with Crippen LogP contribution in [0.4, 0.5) is 5.69 Å². The van der Waals surface area contributed by atoms with Crippen molar-refractivity contribution in [3.05, 3.63) is 93.2 Å².